The number of benzene rings is 1. The van der Waals surface area contributed by atoms with Crippen molar-refractivity contribution in [1.82, 2.24) is 9.80 Å². The Morgan fingerprint density at radius 3 is 2.24 bits per heavy atom. The van der Waals surface area contributed by atoms with Crippen LogP contribution in [0.3, 0.4) is 0 Å². The minimum Gasteiger partial charge on any atom is -0.329 e. The van der Waals surface area contributed by atoms with Crippen LogP contribution in [0.4, 0.5) is 0 Å². The Kier molecular flexibility index (Phi) is 4.63. The van der Waals surface area contributed by atoms with E-state index in [1.54, 1.807) is 0 Å². The smallest absolute Gasteiger partial charge is 0.0484 e. The molecule has 0 bridgehead atoms. The maximum atomic E-state index is 5.85. The lowest BCUT2D eigenvalue weighted by Gasteiger charge is -2.49. The highest BCUT2D eigenvalue weighted by atomic mass is 15.3. The summed E-state index contributed by atoms with van der Waals surface area (Å²) in [6.45, 7) is 7.89. The van der Waals surface area contributed by atoms with Gasteiger partial charge >= 0.3 is 0 Å². The molecule has 3 rings (SSSR count). The molecule has 2 fully saturated rings. The lowest BCUT2D eigenvalue weighted by Crippen LogP contribution is -2.54. The summed E-state index contributed by atoms with van der Waals surface area (Å²) in [6.07, 6.45) is 5.19. The van der Waals surface area contributed by atoms with E-state index in [-0.39, 0.29) is 5.54 Å². The third-order valence-corrected chi connectivity index (χ3v) is 5.61. The summed E-state index contributed by atoms with van der Waals surface area (Å²) < 4.78 is 0. The zero-order chi connectivity index (χ0) is 14.7. The van der Waals surface area contributed by atoms with E-state index in [0.29, 0.717) is 6.04 Å². The van der Waals surface area contributed by atoms with Gasteiger partial charge in [-0.2, -0.15) is 0 Å². The number of likely N-dealkylation sites (tertiary alicyclic amines) is 2. The predicted octanol–water partition coefficient (Wildman–Crippen LogP) is 2.42. The average molecular weight is 287 g/mol. The van der Waals surface area contributed by atoms with Crippen LogP contribution < -0.4 is 5.73 Å². The lowest BCUT2D eigenvalue weighted by molar-refractivity contribution is 0.0225. The highest BCUT2D eigenvalue weighted by Gasteiger charge is 2.42. The molecule has 1 atom stereocenters. The second kappa shape index (κ2) is 6.47. The van der Waals surface area contributed by atoms with Crippen molar-refractivity contribution in [2.24, 2.45) is 5.73 Å². The molecular weight excluding hydrogens is 258 g/mol. The van der Waals surface area contributed by atoms with Crippen molar-refractivity contribution in [1.29, 1.82) is 0 Å². The molecule has 116 valence electrons. The molecule has 1 aromatic rings. The average Bonchev–Trinajstić information content (AvgIpc) is 3.10. The molecule has 2 heterocycles. The van der Waals surface area contributed by atoms with Gasteiger partial charge in [0.2, 0.25) is 0 Å². The highest BCUT2D eigenvalue weighted by Crippen LogP contribution is 2.41. The lowest BCUT2D eigenvalue weighted by atomic mass is 9.79. The molecule has 1 aromatic carbocycles. The first-order valence-corrected chi connectivity index (χ1v) is 8.51. The van der Waals surface area contributed by atoms with E-state index in [4.69, 9.17) is 5.73 Å². The molecule has 2 aliphatic rings. The molecule has 3 heteroatoms. The first kappa shape index (κ1) is 15.0. The van der Waals surface area contributed by atoms with Crippen LogP contribution in [0.2, 0.25) is 0 Å². The Balaban J connectivity index is 1.82. The maximum absolute atomic E-state index is 5.85. The van der Waals surface area contributed by atoms with Crippen molar-refractivity contribution < 1.29 is 0 Å². The quantitative estimate of drug-likeness (QED) is 0.923. The second-order valence-electron chi connectivity index (χ2n) is 6.71. The molecule has 3 nitrogen and oxygen atoms in total. The normalized spacial score (nSPS) is 25.0. The van der Waals surface area contributed by atoms with Gasteiger partial charge in [-0.15, -0.1) is 0 Å². The van der Waals surface area contributed by atoms with Gasteiger partial charge in [-0.05, 0) is 51.3 Å². The number of piperidine rings is 1. The van der Waals surface area contributed by atoms with Crippen molar-refractivity contribution in [2.45, 2.75) is 44.2 Å². The summed E-state index contributed by atoms with van der Waals surface area (Å²) in [6, 6.07) is 11.7. The number of rotatable bonds is 4. The van der Waals surface area contributed by atoms with E-state index in [1.165, 1.54) is 57.4 Å². The molecule has 0 aromatic heterocycles. The predicted molar refractivity (Wildman–Crippen MR) is 88.3 cm³/mol. The van der Waals surface area contributed by atoms with Gasteiger partial charge in [-0.25, -0.2) is 0 Å². The van der Waals surface area contributed by atoms with Gasteiger partial charge in [0.15, 0.2) is 0 Å². The molecule has 0 amide bonds. The van der Waals surface area contributed by atoms with Gasteiger partial charge in [0.05, 0.1) is 0 Å². The van der Waals surface area contributed by atoms with Gasteiger partial charge in [-0.3, -0.25) is 9.80 Å². The molecule has 0 saturated carbocycles. The summed E-state index contributed by atoms with van der Waals surface area (Å²) in [5.41, 5.74) is 7.64. The fourth-order valence-corrected chi connectivity index (χ4v) is 4.16. The van der Waals surface area contributed by atoms with Crippen molar-refractivity contribution in [3.8, 4) is 0 Å². The topological polar surface area (TPSA) is 32.5 Å². The molecule has 0 aliphatic carbocycles. The van der Waals surface area contributed by atoms with Gasteiger partial charge < -0.3 is 5.73 Å². The Morgan fingerprint density at radius 1 is 1.05 bits per heavy atom. The largest absolute Gasteiger partial charge is 0.329 e. The van der Waals surface area contributed by atoms with Gasteiger partial charge in [0, 0.05) is 31.2 Å². The van der Waals surface area contributed by atoms with Crippen LogP contribution in [0.1, 0.15) is 38.2 Å². The Labute approximate surface area is 129 Å². The fourth-order valence-electron chi connectivity index (χ4n) is 4.16. The minimum atomic E-state index is 0.266. The Bertz CT molecular complexity index is 431. The minimum absolute atomic E-state index is 0.266. The number of hydrogen-bond acceptors (Lipinski definition) is 3. The third-order valence-electron chi connectivity index (χ3n) is 5.61. The number of hydrogen-bond donors (Lipinski definition) is 1. The monoisotopic (exact) mass is 287 g/mol. The second-order valence-corrected chi connectivity index (χ2v) is 6.71. The molecular formula is C18H29N3. The van der Waals surface area contributed by atoms with Crippen LogP contribution in [0.15, 0.2) is 30.3 Å². The van der Waals surface area contributed by atoms with Crippen molar-refractivity contribution in [3.63, 3.8) is 0 Å². The standard InChI is InChI=1S/C18H29N3/c1-16(15-19)20-13-9-18(10-14-20,21-11-5-6-12-21)17-7-3-2-4-8-17/h2-4,7-8,16H,5-6,9-15,19H2,1H3. The zero-order valence-corrected chi connectivity index (χ0v) is 13.3. The zero-order valence-electron chi connectivity index (χ0n) is 13.3. The molecule has 21 heavy (non-hydrogen) atoms. The van der Waals surface area contributed by atoms with E-state index < -0.39 is 0 Å². The Hall–Kier alpha value is -0.900. The van der Waals surface area contributed by atoms with Crippen LogP contribution >= 0.6 is 0 Å². The highest BCUT2D eigenvalue weighted by molar-refractivity contribution is 5.26. The number of nitrogens with zero attached hydrogens (tertiary/aromatic N) is 2. The first-order valence-electron chi connectivity index (χ1n) is 8.51. The van der Waals surface area contributed by atoms with E-state index in [2.05, 4.69) is 47.1 Å². The van der Waals surface area contributed by atoms with Gasteiger partial charge in [-0.1, -0.05) is 30.3 Å². The van der Waals surface area contributed by atoms with Crippen LogP contribution in [0, 0.1) is 0 Å². The molecule has 2 N–H and O–H groups in total. The summed E-state index contributed by atoms with van der Waals surface area (Å²) >= 11 is 0. The SMILES string of the molecule is CC(CN)N1CCC(c2ccccc2)(N2CCCC2)CC1. The molecule has 0 radical (unpaired) electrons. The van der Waals surface area contributed by atoms with Gasteiger partial charge in [0.1, 0.15) is 0 Å². The molecule has 1 unspecified atom stereocenters. The van der Waals surface area contributed by atoms with Crippen molar-refractivity contribution in [3.05, 3.63) is 35.9 Å². The van der Waals surface area contributed by atoms with Crippen LogP contribution in [-0.2, 0) is 5.54 Å². The Morgan fingerprint density at radius 2 is 1.67 bits per heavy atom. The van der Waals surface area contributed by atoms with Crippen molar-refractivity contribution >= 4 is 0 Å². The maximum Gasteiger partial charge on any atom is 0.0484 e. The number of nitrogens with two attached hydrogens (primary N) is 1. The van der Waals surface area contributed by atoms with E-state index >= 15 is 0 Å². The fraction of sp³-hybridized carbons (Fsp3) is 0.667. The summed E-state index contributed by atoms with van der Waals surface area (Å²) in [5.74, 6) is 0. The summed E-state index contributed by atoms with van der Waals surface area (Å²) in [4.78, 5) is 5.32. The van der Waals surface area contributed by atoms with E-state index in [9.17, 15) is 0 Å². The molecule has 2 saturated heterocycles. The molecule has 2 aliphatic heterocycles. The van der Waals surface area contributed by atoms with E-state index in [0.717, 1.165) is 6.54 Å². The van der Waals surface area contributed by atoms with E-state index in [1.807, 2.05) is 0 Å². The third kappa shape index (κ3) is 2.87. The summed E-state index contributed by atoms with van der Waals surface area (Å²) in [5, 5.41) is 0. The van der Waals surface area contributed by atoms with Crippen molar-refractivity contribution in [2.75, 3.05) is 32.7 Å². The summed E-state index contributed by atoms with van der Waals surface area (Å²) in [7, 11) is 0. The van der Waals surface area contributed by atoms with Crippen LogP contribution in [-0.4, -0.2) is 48.6 Å². The first-order chi connectivity index (χ1) is 10.3. The van der Waals surface area contributed by atoms with Crippen LogP contribution in [0.25, 0.3) is 0 Å². The van der Waals surface area contributed by atoms with Gasteiger partial charge in [0.25, 0.3) is 0 Å². The van der Waals surface area contributed by atoms with Crippen LogP contribution in [0.5, 0.6) is 0 Å². The molecule has 0 spiro atoms.